The number of alkyl halides is 2. The van der Waals surface area contributed by atoms with Crippen LogP contribution in [0.15, 0.2) is 18.2 Å². The fourth-order valence-corrected chi connectivity index (χ4v) is 1.99. The van der Waals surface area contributed by atoms with Crippen molar-refractivity contribution >= 4 is 0 Å². The van der Waals surface area contributed by atoms with Gasteiger partial charge in [0.2, 0.25) is 0 Å². The first-order valence-corrected chi connectivity index (χ1v) is 4.59. The molecule has 0 spiro atoms. The number of benzene rings is 1. The van der Waals surface area contributed by atoms with E-state index in [1.54, 1.807) is 12.1 Å². The van der Waals surface area contributed by atoms with Gasteiger partial charge in [0.05, 0.1) is 0 Å². The molecule has 0 aromatic heterocycles. The lowest BCUT2D eigenvalue weighted by Gasteiger charge is -2.06. The summed E-state index contributed by atoms with van der Waals surface area (Å²) in [5.74, 6) is 0.543. The standard InChI is InChI=1S/C11H12F2/c1-7-2-3-8-6-9(11(12)13)4-5-10(7)8/h4-7,11H,2-3H2,1H3. The van der Waals surface area contributed by atoms with Crippen LogP contribution in [0, 0.1) is 0 Å². The van der Waals surface area contributed by atoms with E-state index in [1.807, 2.05) is 6.07 Å². The second-order valence-electron chi connectivity index (χ2n) is 3.70. The normalized spacial score (nSPS) is 20.8. The Labute approximate surface area is 76.6 Å². The predicted octanol–water partition coefficient (Wildman–Crippen LogP) is 3.67. The zero-order valence-electron chi connectivity index (χ0n) is 7.56. The van der Waals surface area contributed by atoms with Crippen molar-refractivity contribution in [2.45, 2.75) is 32.1 Å². The van der Waals surface area contributed by atoms with Gasteiger partial charge < -0.3 is 0 Å². The zero-order valence-corrected chi connectivity index (χ0v) is 7.56. The highest BCUT2D eigenvalue weighted by molar-refractivity contribution is 5.38. The predicted molar refractivity (Wildman–Crippen MR) is 48.1 cm³/mol. The molecule has 1 aromatic carbocycles. The molecular weight excluding hydrogens is 170 g/mol. The summed E-state index contributed by atoms with van der Waals surface area (Å²) in [4.78, 5) is 0. The maximum Gasteiger partial charge on any atom is 0.263 e. The smallest absolute Gasteiger partial charge is 0.205 e. The van der Waals surface area contributed by atoms with Gasteiger partial charge in [-0.15, -0.1) is 0 Å². The quantitative estimate of drug-likeness (QED) is 0.621. The van der Waals surface area contributed by atoms with E-state index in [4.69, 9.17) is 0 Å². The number of aryl methyl sites for hydroxylation is 1. The molecule has 2 rings (SSSR count). The van der Waals surface area contributed by atoms with Crippen molar-refractivity contribution in [3.8, 4) is 0 Å². The van der Waals surface area contributed by atoms with Crippen LogP contribution in [-0.4, -0.2) is 0 Å². The molecule has 0 nitrogen and oxygen atoms in total. The van der Waals surface area contributed by atoms with Crippen LogP contribution in [0.3, 0.4) is 0 Å². The third-order valence-electron chi connectivity index (χ3n) is 2.80. The van der Waals surface area contributed by atoms with Crippen LogP contribution >= 0.6 is 0 Å². The first kappa shape index (κ1) is 8.67. The van der Waals surface area contributed by atoms with E-state index in [2.05, 4.69) is 6.92 Å². The summed E-state index contributed by atoms with van der Waals surface area (Å²) in [5, 5.41) is 0. The number of fused-ring (bicyclic) bond motifs is 1. The number of hydrogen-bond donors (Lipinski definition) is 0. The molecule has 1 aliphatic rings. The highest BCUT2D eigenvalue weighted by atomic mass is 19.3. The van der Waals surface area contributed by atoms with Gasteiger partial charge in [-0.2, -0.15) is 0 Å². The molecule has 13 heavy (non-hydrogen) atoms. The Morgan fingerprint density at radius 3 is 2.85 bits per heavy atom. The van der Waals surface area contributed by atoms with Crippen molar-refractivity contribution in [3.05, 3.63) is 34.9 Å². The summed E-state index contributed by atoms with van der Waals surface area (Å²) in [6.07, 6.45) is -0.278. The first-order chi connectivity index (χ1) is 6.18. The second kappa shape index (κ2) is 3.09. The molecule has 0 aliphatic heterocycles. The summed E-state index contributed by atoms with van der Waals surface area (Å²) in [6.45, 7) is 2.15. The van der Waals surface area contributed by atoms with E-state index < -0.39 is 6.43 Å². The van der Waals surface area contributed by atoms with Crippen molar-refractivity contribution < 1.29 is 8.78 Å². The number of rotatable bonds is 1. The molecule has 70 valence electrons. The molecule has 1 aliphatic carbocycles. The maximum atomic E-state index is 12.3. The number of halogens is 2. The molecule has 0 amide bonds. The van der Waals surface area contributed by atoms with Crippen molar-refractivity contribution in [1.82, 2.24) is 0 Å². The van der Waals surface area contributed by atoms with Gasteiger partial charge >= 0.3 is 0 Å². The van der Waals surface area contributed by atoms with E-state index in [9.17, 15) is 8.78 Å². The van der Waals surface area contributed by atoms with Gasteiger partial charge in [-0.25, -0.2) is 8.78 Å². The number of hydrogen-bond acceptors (Lipinski definition) is 0. The van der Waals surface area contributed by atoms with E-state index in [-0.39, 0.29) is 5.56 Å². The van der Waals surface area contributed by atoms with Crippen LogP contribution in [-0.2, 0) is 6.42 Å². The highest BCUT2D eigenvalue weighted by Crippen LogP contribution is 2.34. The molecule has 1 unspecified atom stereocenters. The Hall–Kier alpha value is -0.920. The topological polar surface area (TPSA) is 0 Å². The summed E-state index contributed by atoms with van der Waals surface area (Å²) in [5.41, 5.74) is 2.53. The summed E-state index contributed by atoms with van der Waals surface area (Å²) in [7, 11) is 0. The molecule has 0 radical (unpaired) electrons. The Kier molecular flexibility index (Phi) is 2.06. The fourth-order valence-electron chi connectivity index (χ4n) is 1.99. The summed E-state index contributed by atoms with van der Waals surface area (Å²) >= 11 is 0. The maximum absolute atomic E-state index is 12.3. The minimum absolute atomic E-state index is 0.160. The van der Waals surface area contributed by atoms with Crippen molar-refractivity contribution in [3.63, 3.8) is 0 Å². The first-order valence-electron chi connectivity index (χ1n) is 4.59. The minimum atomic E-state index is -2.33. The highest BCUT2D eigenvalue weighted by Gasteiger charge is 2.19. The largest absolute Gasteiger partial charge is 0.263 e. The Balaban J connectivity index is 2.40. The SMILES string of the molecule is CC1CCc2cc(C(F)F)ccc21. The average Bonchev–Trinajstić information content (AvgIpc) is 2.47. The van der Waals surface area contributed by atoms with Gasteiger partial charge in [-0.05, 0) is 36.0 Å². The lowest BCUT2D eigenvalue weighted by molar-refractivity contribution is 0.151. The van der Waals surface area contributed by atoms with E-state index >= 15 is 0 Å². The van der Waals surface area contributed by atoms with Crippen molar-refractivity contribution in [1.29, 1.82) is 0 Å². The van der Waals surface area contributed by atoms with Crippen LogP contribution < -0.4 is 0 Å². The Morgan fingerprint density at radius 2 is 2.15 bits per heavy atom. The molecule has 1 atom stereocenters. The van der Waals surface area contributed by atoms with E-state index in [0.29, 0.717) is 5.92 Å². The molecular formula is C11H12F2. The van der Waals surface area contributed by atoms with Crippen molar-refractivity contribution in [2.24, 2.45) is 0 Å². The Bertz CT molecular complexity index is 318. The Morgan fingerprint density at radius 1 is 1.38 bits per heavy atom. The van der Waals surface area contributed by atoms with Crippen molar-refractivity contribution in [2.75, 3.05) is 0 Å². The van der Waals surface area contributed by atoms with Crippen LogP contribution in [0.4, 0.5) is 8.78 Å². The lowest BCUT2D eigenvalue weighted by Crippen LogP contribution is -1.90. The van der Waals surface area contributed by atoms with Gasteiger partial charge in [-0.1, -0.05) is 19.1 Å². The summed E-state index contributed by atoms with van der Waals surface area (Å²) < 4.78 is 24.7. The third-order valence-corrected chi connectivity index (χ3v) is 2.80. The third kappa shape index (κ3) is 1.45. The monoisotopic (exact) mass is 182 g/mol. The molecule has 0 bridgehead atoms. The van der Waals surface area contributed by atoms with Crippen LogP contribution in [0.1, 0.15) is 42.4 Å². The molecule has 2 heteroatoms. The fraction of sp³-hybridized carbons (Fsp3) is 0.455. The van der Waals surface area contributed by atoms with Crippen LogP contribution in [0.2, 0.25) is 0 Å². The van der Waals surface area contributed by atoms with Crippen LogP contribution in [0.25, 0.3) is 0 Å². The van der Waals surface area contributed by atoms with Gasteiger partial charge in [0.1, 0.15) is 0 Å². The van der Waals surface area contributed by atoms with Gasteiger partial charge in [0.25, 0.3) is 6.43 Å². The van der Waals surface area contributed by atoms with Gasteiger partial charge in [0, 0.05) is 5.56 Å². The van der Waals surface area contributed by atoms with Crippen LogP contribution in [0.5, 0.6) is 0 Å². The zero-order chi connectivity index (χ0) is 9.42. The van der Waals surface area contributed by atoms with E-state index in [0.717, 1.165) is 18.4 Å². The van der Waals surface area contributed by atoms with Gasteiger partial charge in [0.15, 0.2) is 0 Å². The second-order valence-corrected chi connectivity index (χ2v) is 3.70. The van der Waals surface area contributed by atoms with E-state index in [1.165, 1.54) is 5.56 Å². The average molecular weight is 182 g/mol. The van der Waals surface area contributed by atoms with Gasteiger partial charge in [-0.3, -0.25) is 0 Å². The summed E-state index contributed by atoms with van der Waals surface area (Å²) in [6, 6.07) is 5.06. The minimum Gasteiger partial charge on any atom is -0.205 e. The molecule has 0 saturated heterocycles. The molecule has 0 saturated carbocycles. The lowest BCUT2D eigenvalue weighted by atomic mass is 10.0. The molecule has 0 N–H and O–H groups in total. The molecule has 1 aromatic rings. The molecule has 0 heterocycles. The molecule has 0 fully saturated rings.